The molecule has 0 bridgehead atoms. The van der Waals surface area contributed by atoms with Crippen LogP contribution in [0.5, 0.6) is 0 Å². The van der Waals surface area contributed by atoms with E-state index in [1.807, 2.05) is 24.3 Å². The fourth-order valence-corrected chi connectivity index (χ4v) is 4.60. The van der Waals surface area contributed by atoms with E-state index < -0.39 is 10.8 Å². The first-order valence-electron chi connectivity index (χ1n) is 8.38. The van der Waals surface area contributed by atoms with E-state index in [9.17, 15) is 9.00 Å². The predicted octanol–water partition coefficient (Wildman–Crippen LogP) is 5.63. The van der Waals surface area contributed by atoms with E-state index in [-0.39, 0.29) is 17.3 Å². The van der Waals surface area contributed by atoms with E-state index in [0.29, 0.717) is 26.6 Å². The molecule has 27 heavy (non-hydrogen) atoms. The van der Waals surface area contributed by atoms with Gasteiger partial charge in [-0.1, -0.05) is 72.3 Å². The van der Waals surface area contributed by atoms with Crippen molar-refractivity contribution in [2.45, 2.75) is 10.6 Å². The smallest absolute Gasteiger partial charge is 0.228 e. The van der Waals surface area contributed by atoms with Crippen molar-refractivity contribution >= 4 is 39.2 Å². The third-order valence-corrected chi connectivity index (χ3v) is 6.14. The lowest BCUT2D eigenvalue weighted by atomic mass is 10.0. The highest BCUT2D eigenvalue weighted by molar-refractivity contribution is 7.84. The minimum atomic E-state index is -1.41. The molecule has 0 unspecified atom stereocenters. The van der Waals surface area contributed by atoms with Crippen molar-refractivity contribution in [1.29, 1.82) is 0 Å². The number of halogens is 1. The summed E-state index contributed by atoms with van der Waals surface area (Å²) in [5, 5.41) is 1.23. The normalized spacial score (nSPS) is 12.2. The van der Waals surface area contributed by atoms with Crippen molar-refractivity contribution in [3.63, 3.8) is 0 Å². The van der Waals surface area contributed by atoms with Crippen molar-refractivity contribution in [3.05, 3.63) is 101 Å². The van der Waals surface area contributed by atoms with Gasteiger partial charge in [-0.15, -0.1) is 0 Å². The Labute approximate surface area is 164 Å². The van der Waals surface area contributed by atoms with Crippen LogP contribution in [0.15, 0.2) is 88.2 Å². The highest BCUT2D eigenvalue weighted by atomic mass is 35.5. The van der Waals surface area contributed by atoms with Crippen molar-refractivity contribution in [3.8, 4) is 0 Å². The van der Waals surface area contributed by atoms with Crippen LogP contribution in [0.2, 0.25) is 5.02 Å². The number of para-hydroxylation sites is 1. The summed E-state index contributed by atoms with van der Waals surface area (Å²) in [5.41, 5.74) is 1.77. The molecule has 0 saturated heterocycles. The fourth-order valence-electron chi connectivity index (χ4n) is 2.98. The van der Waals surface area contributed by atoms with Gasteiger partial charge in [0.2, 0.25) is 5.78 Å². The topological polar surface area (TPSA) is 47.3 Å². The predicted molar refractivity (Wildman–Crippen MR) is 108 cm³/mol. The van der Waals surface area contributed by atoms with Crippen molar-refractivity contribution in [2.75, 3.05) is 0 Å². The third kappa shape index (κ3) is 3.46. The van der Waals surface area contributed by atoms with Crippen LogP contribution < -0.4 is 0 Å². The molecular formula is C22H15ClO3S. The maximum Gasteiger partial charge on any atom is 0.228 e. The minimum Gasteiger partial charge on any atom is -0.452 e. The third-order valence-electron chi connectivity index (χ3n) is 4.30. The van der Waals surface area contributed by atoms with Gasteiger partial charge in [0.05, 0.1) is 26.5 Å². The molecule has 4 aromatic rings. The van der Waals surface area contributed by atoms with E-state index in [2.05, 4.69) is 0 Å². The molecule has 4 rings (SSSR count). The highest BCUT2D eigenvalue weighted by Crippen LogP contribution is 2.31. The van der Waals surface area contributed by atoms with Crippen LogP contribution in [-0.4, -0.2) is 9.99 Å². The molecule has 0 N–H and O–H groups in total. The maximum atomic E-state index is 13.0. The number of ketones is 1. The number of carbonyl (C=O) groups is 1. The van der Waals surface area contributed by atoms with Crippen LogP contribution in [-0.2, 0) is 16.6 Å². The molecule has 1 aromatic heterocycles. The van der Waals surface area contributed by atoms with E-state index in [0.717, 1.165) is 5.39 Å². The molecule has 0 radical (unpaired) electrons. The Kier molecular flexibility index (Phi) is 4.92. The first-order chi connectivity index (χ1) is 13.1. The van der Waals surface area contributed by atoms with Gasteiger partial charge < -0.3 is 4.42 Å². The van der Waals surface area contributed by atoms with Gasteiger partial charge in [0.1, 0.15) is 5.58 Å². The minimum absolute atomic E-state index is 0.147. The quantitative estimate of drug-likeness (QED) is 0.412. The Morgan fingerprint density at radius 3 is 2.33 bits per heavy atom. The summed E-state index contributed by atoms with van der Waals surface area (Å²) in [4.78, 5) is 13.5. The first kappa shape index (κ1) is 17.7. The largest absolute Gasteiger partial charge is 0.452 e. The number of hydrogen-bond donors (Lipinski definition) is 0. The van der Waals surface area contributed by atoms with Crippen LogP contribution in [0.25, 0.3) is 11.0 Å². The van der Waals surface area contributed by atoms with Crippen LogP contribution in [0.3, 0.4) is 0 Å². The van der Waals surface area contributed by atoms with E-state index in [1.165, 1.54) is 0 Å². The van der Waals surface area contributed by atoms with Gasteiger partial charge in [0.25, 0.3) is 0 Å². The number of benzene rings is 3. The van der Waals surface area contributed by atoms with Crippen molar-refractivity contribution in [1.82, 2.24) is 0 Å². The fraction of sp³-hybridized carbons (Fsp3) is 0.0455. The Balaban J connectivity index is 1.80. The monoisotopic (exact) mass is 394 g/mol. The van der Waals surface area contributed by atoms with E-state index in [4.69, 9.17) is 16.0 Å². The zero-order valence-electron chi connectivity index (χ0n) is 14.2. The first-order valence-corrected chi connectivity index (χ1v) is 10.1. The second-order valence-corrected chi connectivity index (χ2v) is 7.85. The SMILES string of the molecule is O=C(c1ccccc1)c1oc2ccccc2c1C[S@](=O)c1ccccc1Cl. The van der Waals surface area contributed by atoms with Gasteiger partial charge >= 0.3 is 0 Å². The Morgan fingerprint density at radius 2 is 1.56 bits per heavy atom. The lowest BCUT2D eigenvalue weighted by molar-refractivity contribution is 0.101. The van der Waals surface area contributed by atoms with Crippen molar-refractivity contribution in [2.24, 2.45) is 0 Å². The molecule has 1 atom stereocenters. The molecule has 0 aliphatic rings. The molecule has 3 nitrogen and oxygen atoms in total. The maximum absolute atomic E-state index is 13.0. The van der Waals surface area contributed by atoms with Gasteiger partial charge in [0, 0.05) is 16.5 Å². The summed E-state index contributed by atoms with van der Waals surface area (Å²) < 4.78 is 18.8. The number of rotatable bonds is 5. The van der Waals surface area contributed by atoms with E-state index in [1.54, 1.807) is 54.6 Å². The molecule has 3 aromatic carbocycles. The summed E-state index contributed by atoms with van der Waals surface area (Å²) >= 11 is 6.19. The zero-order chi connectivity index (χ0) is 18.8. The molecule has 0 aliphatic heterocycles. The van der Waals surface area contributed by atoms with Gasteiger partial charge in [0.15, 0.2) is 5.76 Å². The number of furan rings is 1. The summed E-state index contributed by atoms with van der Waals surface area (Å²) in [6, 6.07) is 23.4. The molecule has 0 amide bonds. The summed E-state index contributed by atoms with van der Waals surface area (Å²) in [5.74, 6) is 0.148. The zero-order valence-corrected chi connectivity index (χ0v) is 15.8. The Bertz CT molecular complexity index is 1150. The molecule has 0 fully saturated rings. The summed E-state index contributed by atoms with van der Waals surface area (Å²) in [7, 11) is -1.41. The van der Waals surface area contributed by atoms with E-state index >= 15 is 0 Å². The lowest BCUT2D eigenvalue weighted by Gasteiger charge is -2.06. The number of hydrogen-bond acceptors (Lipinski definition) is 3. The molecule has 0 saturated carbocycles. The molecule has 5 heteroatoms. The second-order valence-electron chi connectivity index (χ2n) is 6.02. The van der Waals surface area contributed by atoms with Crippen molar-refractivity contribution < 1.29 is 13.4 Å². The average molecular weight is 395 g/mol. The molecule has 1 heterocycles. The van der Waals surface area contributed by atoms with Crippen LogP contribution in [0.1, 0.15) is 21.7 Å². The molecule has 0 spiro atoms. The standard InChI is InChI=1S/C22H15ClO3S/c23-18-11-5-7-13-20(18)27(25)14-17-16-10-4-6-12-19(16)26-22(17)21(24)15-8-2-1-3-9-15/h1-13H,14H2/t27-/m0/s1. The van der Waals surface area contributed by atoms with Gasteiger partial charge in [-0.05, 0) is 18.2 Å². The van der Waals surface area contributed by atoms with Crippen LogP contribution in [0, 0.1) is 0 Å². The molecule has 134 valence electrons. The summed E-state index contributed by atoms with van der Waals surface area (Å²) in [6.45, 7) is 0. The second kappa shape index (κ2) is 7.51. The molecular weight excluding hydrogens is 380 g/mol. The van der Waals surface area contributed by atoms with Gasteiger partial charge in [-0.2, -0.15) is 0 Å². The van der Waals surface area contributed by atoms with Gasteiger partial charge in [-0.25, -0.2) is 0 Å². The molecule has 0 aliphatic carbocycles. The Hall–Kier alpha value is -2.69. The summed E-state index contributed by atoms with van der Waals surface area (Å²) in [6.07, 6.45) is 0. The highest BCUT2D eigenvalue weighted by Gasteiger charge is 2.24. The lowest BCUT2D eigenvalue weighted by Crippen LogP contribution is -2.05. The Morgan fingerprint density at radius 1 is 0.889 bits per heavy atom. The van der Waals surface area contributed by atoms with Gasteiger partial charge in [-0.3, -0.25) is 9.00 Å². The van der Waals surface area contributed by atoms with Crippen LogP contribution in [0.4, 0.5) is 0 Å². The van der Waals surface area contributed by atoms with Crippen LogP contribution >= 0.6 is 11.6 Å². The average Bonchev–Trinajstić information content (AvgIpc) is 3.07. The number of carbonyl (C=O) groups excluding carboxylic acids is 1. The number of fused-ring (bicyclic) bond motifs is 1.